The number of rotatable bonds is 4. The molecule has 0 radical (unpaired) electrons. The third-order valence-electron chi connectivity index (χ3n) is 5.83. The summed E-state index contributed by atoms with van der Waals surface area (Å²) in [6, 6.07) is 14.0. The van der Waals surface area contributed by atoms with Gasteiger partial charge in [-0.25, -0.2) is 4.79 Å². The first kappa shape index (κ1) is 18.8. The molecular formula is C22H27N3O3. The Labute approximate surface area is 165 Å². The molecule has 0 aromatic heterocycles. The van der Waals surface area contributed by atoms with Gasteiger partial charge >= 0.3 is 6.03 Å². The zero-order chi connectivity index (χ0) is 19.4. The molecule has 28 heavy (non-hydrogen) atoms. The second kappa shape index (κ2) is 8.20. The van der Waals surface area contributed by atoms with E-state index in [1.807, 2.05) is 18.2 Å². The van der Waals surface area contributed by atoms with E-state index in [1.54, 1.807) is 0 Å². The van der Waals surface area contributed by atoms with Crippen LogP contribution in [0.3, 0.4) is 0 Å². The molecule has 0 aliphatic carbocycles. The van der Waals surface area contributed by atoms with Crippen molar-refractivity contribution in [3.8, 4) is 0 Å². The number of aryl methyl sites for hydroxylation is 2. The fourth-order valence-corrected chi connectivity index (χ4v) is 3.90. The molecule has 2 aliphatic rings. The van der Waals surface area contributed by atoms with Crippen molar-refractivity contribution in [2.45, 2.75) is 25.7 Å². The average molecular weight is 381 g/mol. The van der Waals surface area contributed by atoms with Crippen molar-refractivity contribution in [2.24, 2.45) is 5.41 Å². The minimum Gasteiger partial charge on any atom is -0.396 e. The smallest absolute Gasteiger partial charge is 0.319 e. The van der Waals surface area contributed by atoms with Crippen LogP contribution < -0.4 is 16.0 Å². The summed E-state index contributed by atoms with van der Waals surface area (Å²) in [4.78, 5) is 12.4. The maximum atomic E-state index is 12.4. The van der Waals surface area contributed by atoms with Gasteiger partial charge in [-0.15, -0.1) is 0 Å². The van der Waals surface area contributed by atoms with Crippen LogP contribution in [0.1, 0.15) is 24.0 Å². The van der Waals surface area contributed by atoms with Crippen LogP contribution in [0.4, 0.5) is 21.9 Å². The van der Waals surface area contributed by atoms with E-state index in [2.05, 4.69) is 40.2 Å². The van der Waals surface area contributed by atoms with Crippen molar-refractivity contribution < 1.29 is 14.6 Å². The zero-order valence-corrected chi connectivity index (χ0v) is 16.0. The number of amides is 2. The molecular weight excluding hydrogens is 354 g/mol. The Kier molecular flexibility index (Phi) is 5.50. The number of aliphatic hydroxyl groups is 1. The lowest BCUT2D eigenvalue weighted by atomic mass is 9.81. The number of carbonyl (C=O) groups excluding carboxylic acids is 1. The lowest BCUT2D eigenvalue weighted by molar-refractivity contribution is -0.0136. The van der Waals surface area contributed by atoms with Crippen LogP contribution in [0.25, 0.3) is 0 Å². The molecule has 0 unspecified atom stereocenters. The van der Waals surface area contributed by atoms with Gasteiger partial charge in [0.15, 0.2) is 0 Å². The Hall–Kier alpha value is -2.57. The Balaban J connectivity index is 1.40. The van der Waals surface area contributed by atoms with Crippen LogP contribution in [0.2, 0.25) is 0 Å². The van der Waals surface area contributed by atoms with Crippen molar-refractivity contribution in [3.05, 3.63) is 53.6 Å². The minimum absolute atomic E-state index is 0.0544. The van der Waals surface area contributed by atoms with Crippen molar-refractivity contribution in [2.75, 3.05) is 37.0 Å². The molecule has 4 rings (SSSR count). The van der Waals surface area contributed by atoms with Gasteiger partial charge in [0.05, 0.1) is 6.61 Å². The second-order valence-electron chi connectivity index (χ2n) is 7.73. The van der Waals surface area contributed by atoms with Crippen LogP contribution in [0.15, 0.2) is 42.5 Å². The molecule has 0 bridgehead atoms. The second-order valence-corrected chi connectivity index (χ2v) is 7.73. The first-order chi connectivity index (χ1) is 13.7. The quantitative estimate of drug-likeness (QED) is 0.654. The lowest BCUT2D eigenvalue weighted by Gasteiger charge is -2.35. The summed E-state index contributed by atoms with van der Waals surface area (Å²) in [7, 11) is 0. The number of anilines is 3. The number of hydrogen-bond donors (Lipinski definition) is 4. The van der Waals surface area contributed by atoms with E-state index in [-0.39, 0.29) is 18.1 Å². The van der Waals surface area contributed by atoms with Crippen LogP contribution in [-0.4, -0.2) is 37.5 Å². The van der Waals surface area contributed by atoms with Crippen LogP contribution in [0.5, 0.6) is 0 Å². The van der Waals surface area contributed by atoms with Gasteiger partial charge in [-0.05, 0) is 55.0 Å². The van der Waals surface area contributed by atoms with E-state index in [1.165, 1.54) is 11.1 Å². The Morgan fingerprint density at radius 3 is 2.61 bits per heavy atom. The monoisotopic (exact) mass is 381 g/mol. The molecule has 0 spiro atoms. The molecule has 148 valence electrons. The van der Waals surface area contributed by atoms with E-state index >= 15 is 0 Å². The highest BCUT2D eigenvalue weighted by Gasteiger charge is 2.32. The number of aliphatic hydroxyl groups excluding tert-OH is 1. The summed E-state index contributed by atoms with van der Waals surface area (Å²) < 4.78 is 5.37. The number of carbonyl (C=O) groups is 1. The van der Waals surface area contributed by atoms with E-state index < -0.39 is 0 Å². The highest BCUT2D eigenvalue weighted by atomic mass is 16.5. The van der Waals surface area contributed by atoms with Gasteiger partial charge in [0.1, 0.15) is 0 Å². The standard InChI is InChI=1S/C22H27N3O3/c26-15-22(9-11-28-12-10-22)14-23-21(27)24-18-8-7-17-6-5-16-3-1-2-4-19(16)25-20(17)13-18/h1-4,7-8,13,25-26H,5-6,9-12,14-15H2,(H2,23,24,27). The Morgan fingerprint density at radius 1 is 1.07 bits per heavy atom. The Bertz CT molecular complexity index is 847. The summed E-state index contributed by atoms with van der Waals surface area (Å²) >= 11 is 0. The third kappa shape index (κ3) is 4.13. The molecule has 1 fully saturated rings. The summed E-state index contributed by atoms with van der Waals surface area (Å²) in [6.07, 6.45) is 3.47. The maximum Gasteiger partial charge on any atom is 0.319 e. The molecule has 1 saturated heterocycles. The third-order valence-corrected chi connectivity index (χ3v) is 5.83. The zero-order valence-electron chi connectivity index (χ0n) is 16.0. The highest BCUT2D eigenvalue weighted by Crippen LogP contribution is 2.32. The van der Waals surface area contributed by atoms with Crippen LogP contribution in [0, 0.1) is 5.41 Å². The molecule has 2 aromatic rings. The van der Waals surface area contributed by atoms with Crippen molar-refractivity contribution in [1.29, 1.82) is 0 Å². The van der Waals surface area contributed by atoms with Crippen molar-refractivity contribution >= 4 is 23.1 Å². The average Bonchev–Trinajstić information content (AvgIpc) is 2.92. The van der Waals surface area contributed by atoms with Gasteiger partial charge in [0.25, 0.3) is 0 Å². The normalized spacial score (nSPS) is 17.5. The van der Waals surface area contributed by atoms with Crippen molar-refractivity contribution in [1.82, 2.24) is 5.32 Å². The summed E-state index contributed by atoms with van der Waals surface area (Å²) in [6.45, 7) is 1.75. The number of fused-ring (bicyclic) bond motifs is 2. The number of para-hydroxylation sites is 1. The molecule has 6 heteroatoms. The first-order valence-corrected chi connectivity index (χ1v) is 9.89. The van der Waals surface area contributed by atoms with Gasteiger partial charge in [-0.1, -0.05) is 24.3 Å². The Morgan fingerprint density at radius 2 is 1.82 bits per heavy atom. The van der Waals surface area contributed by atoms with Gasteiger partial charge in [-0.3, -0.25) is 0 Å². The number of ether oxygens (including phenoxy) is 1. The topological polar surface area (TPSA) is 82.6 Å². The van der Waals surface area contributed by atoms with Gasteiger partial charge < -0.3 is 25.8 Å². The molecule has 4 N–H and O–H groups in total. The first-order valence-electron chi connectivity index (χ1n) is 9.89. The van der Waals surface area contributed by atoms with Crippen LogP contribution >= 0.6 is 0 Å². The number of hydrogen-bond acceptors (Lipinski definition) is 4. The largest absolute Gasteiger partial charge is 0.396 e. The summed E-state index contributed by atoms with van der Waals surface area (Å²) in [5.74, 6) is 0. The predicted molar refractivity (Wildman–Crippen MR) is 110 cm³/mol. The van der Waals surface area contributed by atoms with Crippen LogP contribution in [-0.2, 0) is 17.6 Å². The lowest BCUT2D eigenvalue weighted by Crippen LogP contribution is -2.44. The maximum absolute atomic E-state index is 12.4. The number of urea groups is 1. The molecule has 6 nitrogen and oxygen atoms in total. The SMILES string of the molecule is O=C(NCC1(CO)CCOCC1)Nc1ccc2c(c1)Nc1ccccc1CC2. The van der Waals surface area contributed by atoms with Crippen molar-refractivity contribution in [3.63, 3.8) is 0 Å². The molecule has 0 atom stereocenters. The number of nitrogens with one attached hydrogen (secondary N) is 3. The summed E-state index contributed by atoms with van der Waals surface area (Å²) in [5, 5.41) is 19.1. The fraction of sp³-hybridized carbons (Fsp3) is 0.409. The molecule has 2 heterocycles. The van der Waals surface area contributed by atoms with Gasteiger partial charge in [0, 0.05) is 42.2 Å². The van der Waals surface area contributed by atoms with E-state index in [0.717, 1.165) is 42.7 Å². The molecule has 2 aliphatic heterocycles. The fourth-order valence-electron chi connectivity index (χ4n) is 3.90. The molecule has 2 amide bonds. The summed E-state index contributed by atoms with van der Waals surface area (Å²) in [5.41, 5.74) is 5.15. The molecule has 0 saturated carbocycles. The van der Waals surface area contributed by atoms with Gasteiger partial charge in [0.2, 0.25) is 0 Å². The van der Waals surface area contributed by atoms with E-state index in [0.29, 0.717) is 19.8 Å². The van der Waals surface area contributed by atoms with Gasteiger partial charge in [-0.2, -0.15) is 0 Å². The number of benzene rings is 2. The predicted octanol–water partition coefficient (Wildman–Crippen LogP) is 3.44. The minimum atomic E-state index is -0.283. The highest BCUT2D eigenvalue weighted by molar-refractivity contribution is 5.90. The van der Waals surface area contributed by atoms with E-state index in [4.69, 9.17) is 4.74 Å². The van der Waals surface area contributed by atoms with E-state index in [9.17, 15) is 9.90 Å². The molecule has 2 aromatic carbocycles.